The van der Waals surface area contributed by atoms with Crippen molar-refractivity contribution in [2.75, 3.05) is 41.3 Å². The van der Waals surface area contributed by atoms with Crippen LogP contribution in [-0.2, 0) is 4.79 Å². The van der Waals surface area contributed by atoms with Crippen LogP contribution in [0, 0.1) is 0 Å². The minimum Gasteiger partial charge on any atom is -1.00 e. The number of quaternary nitrogens is 1. The number of likely N-dealkylation sites (N-methyl/N-ethyl adjacent to an activating group) is 2. The number of halogens is 1. The molecule has 0 aliphatic carbocycles. The number of hydrogen-bond acceptors (Lipinski definition) is 1. The predicted octanol–water partition coefficient (Wildman–Crippen LogP) is -2.83. The first-order valence-corrected chi connectivity index (χ1v) is 3.85. The molecule has 0 aromatic rings. The van der Waals surface area contributed by atoms with Crippen LogP contribution in [0.3, 0.4) is 0 Å². The first-order valence-electron chi connectivity index (χ1n) is 3.85. The number of nitrogens with zero attached hydrogens (tertiary/aromatic N) is 2. The van der Waals surface area contributed by atoms with Crippen molar-refractivity contribution in [3.63, 3.8) is 0 Å². The lowest BCUT2D eigenvalue weighted by Crippen LogP contribution is -3.00. The number of rotatable bonds is 3. The van der Waals surface area contributed by atoms with Crippen LogP contribution in [0.2, 0.25) is 0 Å². The van der Waals surface area contributed by atoms with Gasteiger partial charge in [0, 0.05) is 14.0 Å². The molecule has 0 radical (unpaired) electrons. The monoisotopic (exact) mass is 286 g/mol. The Balaban J connectivity index is 0. The molecule has 1 amide bonds. The van der Waals surface area contributed by atoms with Crippen LogP contribution in [0.5, 0.6) is 0 Å². The molecule has 0 atom stereocenters. The SMILES string of the molecule is CC(=O)N(C)CC[N+](C)(C)C.[I-]. The average molecular weight is 286 g/mol. The van der Waals surface area contributed by atoms with Gasteiger partial charge < -0.3 is 33.4 Å². The van der Waals surface area contributed by atoms with Crippen LogP contribution in [-0.4, -0.2) is 56.6 Å². The second kappa shape index (κ2) is 5.75. The van der Waals surface area contributed by atoms with E-state index in [-0.39, 0.29) is 29.9 Å². The van der Waals surface area contributed by atoms with Gasteiger partial charge in [-0.05, 0) is 0 Å². The lowest BCUT2D eigenvalue weighted by molar-refractivity contribution is -0.869. The molecule has 0 heterocycles. The fourth-order valence-electron chi connectivity index (χ4n) is 0.607. The number of hydrogen-bond donors (Lipinski definition) is 0. The normalized spacial score (nSPS) is 10.4. The summed E-state index contributed by atoms with van der Waals surface area (Å²) in [7, 11) is 8.19. The lowest BCUT2D eigenvalue weighted by Gasteiger charge is -2.26. The lowest BCUT2D eigenvalue weighted by atomic mass is 10.4. The van der Waals surface area contributed by atoms with Gasteiger partial charge in [0.1, 0.15) is 0 Å². The van der Waals surface area contributed by atoms with E-state index in [4.69, 9.17) is 0 Å². The quantitative estimate of drug-likeness (QED) is 0.405. The Morgan fingerprint density at radius 1 is 1.33 bits per heavy atom. The highest BCUT2D eigenvalue weighted by Crippen LogP contribution is 1.91. The van der Waals surface area contributed by atoms with Crippen molar-refractivity contribution in [2.45, 2.75) is 6.92 Å². The molecule has 0 aromatic carbocycles. The molecule has 0 rings (SSSR count). The van der Waals surface area contributed by atoms with Gasteiger partial charge in [-0.15, -0.1) is 0 Å². The molecular weight excluding hydrogens is 267 g/mol. The first-order chi connectivity index (χ1) is 4.83. The third kappa shape index (κ3) is 8.26. The van der Waals surface area contributed by atoms with Gasteiger partial charge >= 0.3 is 0 Å². The molecule has 0 aliphatic heterocycles. The topological polar surface area (TPSA) is 20.3 Å². The van der Waals surface area contributed by atoms with E-state index in [1.165, 1.54) is 0 Å². The van der Waals surface area contributed by atoms with Gasteiger partial charge in [-0.1, -0.05) is 0 Å². The van der Waals surface area contributed by atoms with Crippen molar-refractivity contribution in [1.82, 2.24) is 4.90 Å². The molecule has 0 fully saturated rings. The third-order valence-corrected chi connectivity index (χ3v) is 1.64. The zero-order chi connectivity index (χ0) is 9.07. The molecule has 0 spiro atoms. The van der Waals surface area contributed by atoms with Crippen molar-refractivity contribution in [3.05, 3.63) is 0 Å². The van der Waals surface area contributed by atoms with Gasteiger partial charge in [0.15, 0.2) is 0 Å². The Kier molecular flexibility index (Phi) is 7.02. The summed E-state index contributed by atoms with van der Waals surface area (Å²) in [4.78, 5) is 12.5. The summed E-state index contributed by atoms with van der Waals surface area (Å²) in [5.41, 5.74) is 0. The molecule has 12 heavy (non-hydrogen) atoms. The van der Waals surface area contributed by atoms with Crippen LogP contribution in [0.4, 0.5) is 0 Å². The highest BCUT2D eigenvalue weighted by Gasteiger charge is 2.09. The van der Waals surface area contributed by atoms with Crippen molar-refractivity contribution in [3.8, 4) is 0 Å². The molecule has 74 valence electrons. The minimum atomic E-state index is 0. The second-order valence-electron chi connectivity index (χ2n) is 3.95. The maximum Gasteiger partial charge on any atom is 0.219 e. The smallest absolute Gasteiger partial charge is 0.219 e. The average Bonchev–Trinajstić information content (AvgIpc) is 1.80. The Hall–Kier alpha value is 0.160. The van der Waals surface area contributed by atoms with Crippen LogP contribution in [0.15, 0.2) is 0 Å². The van der Waals surface area contributed by atoms with Gasteiger partial charge in [-0.25, -0.2) is 0 Å². The van der Waals surface area contributed by atoms with Crippen molar-refractivity contribution in [1.29, 1.82) is 0 Å². The zero-order valence-corrected chi connectivity index (χ0v) is 10.8. The summed E-state index contributed by atoms with van der Waals surface area (Å²) < 4.78 is 0.900. The van der Waals surface area contributed by atoms with Crippen LogP contribution in [0.1, 0.15) is 6.92 Å². The van der Waals surface area contributed by atoms with E-state index < -0.39 is 0 Å². The van der Waals surface area contributed by atoms with E-state index in [9.17, 15) is 4.79 Å². The van der Waals surface area contributed by atoms with Gasteiger partial charge in [0.05, 0.1) is 34.2 Å². The molecule has 0 unspecified atom stereocenters. The largest absolute Gasteiger partial charge is 1.00 e. The highest BCUT2D eigenvalue weighted by atomic mass is 127. The summed E-state index contributed by atoms with van der Waals surface area (Å²) in [5.74, 6) is 0.137. The molecule has 4 heteroatoms. The molecule has 0 aliphatic rings. The van der Waals surface area contributed by atoms with E-state index in [1.807, 2.05) is 7.05 Å². The van der Waals surface area contributed by atoms with E-state index in [0.29, 0.717) is 0 Å². The predicted molar refractivity (Wildman–Crippen MR) is 46.2 cm³/mol. The van der Waals surface area contributed by atoms with Crippen LogP contribution >= 0.6 is 0 Å². The number of carbonyl (C=O) groups is 1. The Morgan fingerprint density at radius 2 is 1.75 bits per heavy atom. The number of amides is 1. The maximum atomic E-state index is 10.8. The molecular formula is C8H19IN2O. The Labute approximate surface area is 92.3 Å². The summed E-state index contributed by atoms with van der Waals surface area (Å²) in [6, 6.07) is 0. The first kappa shape index (κ1) is 14.7. The van der Waals surface area contributed by atoms with Gasteiger partial charge in [-0.2, -0.15) is 0 Å². The summed E-state index contributed by atoms with van der Waals surface area (Å²) in [6.45, 7) is 3.42. The summed E-state index contributed by atoms with van der Waals surface area (Å²) in [5, 5.41) is 0. The molecule has 0 aromatic heterocycles. The third-order valence-electron chi connectivity index (χ3n) is 1.64. The standard InChI is InChI=1S/C8H19N2O.HI/c1-8(11)9(2)6-7-10(3,4)5;/h6-7H2,1-5H3;1H/q+1;/p-1. The van der Waals surface area contributed by atoms with Gasteiger partial charge in [0.25, 0.3) is 0 Å². The fourth-order valence-corrected chi connectivity index (χ4v) is 0.607. The van der Waals surface area contributed by atoms with Gasteiger partial charge in [0.2, 0.25) is 5.91 Å². The molecule has 3 nitrogen and oxygen atoms in total. The van der Waals surface area contributed by atoms with Crippen molar-refractivity contribution >= 4 is 5.91 Å². The molecule has 0 saturated heterocycles. The van der Waals surface area contributed by atoms with E-state index >= 15 is 0 Å². The van der Waals surface area contributed by atoms with E-state index in [2.05, 4.69) is 21.1 Å². The van der Waals surface area contributed by atoms with E-state index in [0.717, 1.165) is 17.6 Å². The fraction of sp³-hybridized carbons (Fsp3) is 0.875. The van der Waals surface area contributed by atoms with E-state index in [1.54, 1.807) is 11.8 Å². The zero-order valence-electron chi connectivity index (χ0n) is 8.59. The Morgan fingerprint density at radius 3 is 2.00 bits per heavy atom. The second-order valence-corrected chi connectivity index (χ2v) is 3.95. The summed E-state index contributed by atoms with van der Waals surface area (Å²) >= 11 is 0. The van der Waals surface area contributed by atoms with Gasteiger partial charge in [-0.3, -0.25) is 4.79 Å². The maximum absolute atomic E-state index is 10.8. The van der Waals surface area contributed by atoms with Crippen LogP contribution in [0.25, 0.3) is 0 Å². The molecule has 0 N–H and O–H groups in total. The minimum absolute atomic E-state index is 0. The van der Waals surface area contributed by atoms with Crippen molar-refractivity contribution in [2.24, 2.45) is 0 Å². The van der Waals surface area contributed by atoms with Crippen molar-refractivity contribution < 1.29 is 33.3 Å². The Bertz CT molecular complexity index is 142. The molecule has 0 saturated carbocycles. The van der Waals surface area contributed by atoms with Crippen LogP contribution < -0.4 is 24.0 Å². The number of carbonyl (C=O) groups excluding carboxylic acids is 1. The molecule has 0 bridgehead atoms. The highest BCUT2D eigenvalue weighted by molar-refractivity contribution is 5.72. The summed E-state index contributed by atoms with van der Waals surface area (Å²) in [6.07, 6.45) is 0.